The Bertz CT molecular complexity index is 777. The van der Waals surface area contributed by atoms with Gasteiger partial charge >= 0.3 is 6.03 Å². The molecule has 0 unspecified atom stereocenters. The Morgan fingerprint density at radius 1 is 1.00 bits per heavy atom. The second-order valence-electron chi connectivity index (χ2n) is 5.31. The van der Waals surface area contributed by atoms with Crippen LogP contribution in [0.2, 0.25) is 0 Å². The number of para-hydroxylation sites is 1. The average molecular weight is 363 g/mol. The Hall–Kier alpha value is -2.58. The van der Waals surface area contributed by atoms with E-state index in [1.54, 1.807) is 12.1 Å². The summed E-state index contributed by atoms with van der Waals surface area (Å²) in [5.74, 6) is 0.801. The molecule has 0 aliphatic rings. The molecule has 0 spiro atoms. The van der Waals surface area contributed by atoms with Crippen LogP contribution in [0.3, 0.4) is 0 Å². The topological polar surface area (TPSA) is 111 Å². The number of ether oxygens (including phenoxy) is 1. The molecule has 0 heterocycles. The van der Waals surface area contributed by atoms with Crippen LogP contribution < -0.4 is 20.5 Å². The fourth-order valence-electron chi connectivity index (χ4n) is 2.02. The molecule has 2 amide bonds. The van der Waals surface area contributed by atoms with Crippen LogP contribution in [-0.4, -0.2) is 27.6 Å². The zero-order valence-corrected chi connectivity index (χ0v) is 14.5. The standard InChI is InChI=1S/C17H21N3O4S/c18-25(22,23)16-9-7-14(8-10-16)13-20-17(21)19-11-4-12-24-15-5-2-1-3-6-15/h1-3,5-10H,4,11-13H2,(H2,18,22,23)(H2,19,20,21). The Labute approximate surface area is 147 Å². The molecule has 0 atom stereocenters. The van der Waals surface area contributed by atoms with Crippen molar-refractivity contribution in [2.75, 3.05) is 13.2 Å². The van der Waals surface area contributed by atoms with Gasteiger partial charge in [0.1, 0.15) is 5.75 Å². The van der Waals surface area contributed by atoms with E-state index in [1.807, 2.05) is 30.3 Å². The summed E-state index contributed by atoms with van der Waals surface area (Å²) in [6, 6.07) is 15.2. The van der Waals surface area contributed by atoms with Gasteiger partial charge in [0.25, 0.3) is 0 Å². The number of urea groups is 1. The fraction of sp³-hybridized carbons (Fsp3) is 0.235. The summed E-state index contributed by atoms with van der Waals surface area (Å²) >= 11 is 0. The third kappa shape index (κ3) is 6.82. The molecule has 2 aromatic rings. The number of amides is 2. The van der Waals surface area contributed by atoms with Crippen LogP contribution in [0.25, 0.3) is 0 Å². The molecule has 0 saturated heterocycles. The van der Waals surface area contributed by atoms with Crippen molar-refractivity contribution >= 4 is 16.1 Å². The molecule has 25 heavy (non-hydrogen) atoms. The van der Waals surface area contributed by atoms with Crippen LogP contribution in [0, 0.1) is 0 Å². The molecular formula is C17H21N3O4S. The van der Waals surface area contributed by atoms with Gasteiger partial charge in [0.05, 0.1) is 11.5 Å². The number of primary sulfonamides is 1. The molecule has 0 aliphatic heterocycles. The van der Waals surface area contributed by atoms with E-state index in [-0.39, 0.29) is 17.5 Å². The first-order chi connectivity index (χ1) is 11.9. The van der Waals surface area contributed by atoms with E-state index in [9.17, 15) is 13.2 Å². The Morgan fingerprint density at radius 2 is 1.68 bits per heavy atom. The molecular weight excluding hydrogens is 342 g/mol. The molecule has 0 aromatic heterocycles. The molecule has 4 N–H and O–H groups in total. The zero-order chi connectivity index (χ0) is 18.1. The molecule has 2 aromatic carbocycles. The molecule has 8 heteroatoms. The molecule has 7 nitrogen and oxygen atoms in total. The third-order valence-electron chi connectivity index (χ3n) is 3.32. The minimum absolute atomic E-state index is 0.0408. The van der Waals surface area contributed by atoms with Gasteiger partial charge in [-0.1, -0.05) is 30.3 Å². The summed E-state index contributed by atoms with van der Waals surface area (Å²) in [5, 5.41) is 10.5. The monoisotopic (exact) mass is 363 g/mol. The summed E-state index contributed by atoms with van der Waals surface area (Å²) in [7, 11) is -3.70. The average Bonchev–Trinajstić information content (AvgIpc) is 2.60. The van der Waals surface area contributed by atoms with Crippen molar-refractivity contribution in [2.45, 2.75) is 17.9 Å². The van der Waals surface area contributed by atoms with E-state index in [1.165, 1.54) is 12.1 Å². The number of benzene rings is 2. The van der Waals surface area contributed by atoms with E-state index in [0.29, 0.717) is 19.6 Å². The predicted molar refractivity (Wildman–Crippen MR) is 94.6 cm³/mol. The highest BCUT2D eigenvalue weighted by atomic mass is 32.2. The minimum Gasteiger partial charge on any atom is -0.494 e. The lowest BCUT2D eigenvalue weighted by Crippen LogP contribution is -2.36. The van der Waals surface area contributed by atoms with Crippen LogP contribution in [0.15, 0.2) is 59.5 Å². The third-order valence-corrected chi connectivity index (χ3v) is 4.25. The van der Waals surface area contributed by atoms with Gasteiger partial charge in [-0.05, 0) is 36.2 Å². The first kappa shape index (κ1) is 18.8. The lowest BCUT2D eigenvalue weighted by atomic mass is 10.2. The maximum absolute atomic E-state index is 11.7. The molecule has 0 aliphatic carbocycles. The molecule has 0 radical (unpaired) electrons. The highest BCUT2D eigenvalue weighted by Crippen LogP contribution is 2.09. The van der Waals surface area contributed by atoms with E-state index in [4.69, 9.17) is 9.88 Å². The molecule has 0 bridgehead atoms. The van der Waals surface area contributed by atoms with Crippen LogP contribution in [0.4, 0.5) is 4.79 Å². The van der Waals surface area contributed by atoms with Gasteiger partial charge in [0, 0.05) is 13.1 Å². The predicted octanol–water partition coefficient (Wildman–Crippen LogP) is 1.60. The quantitative estimate of drug-likeness (QED) is 0.619. The van der Waals surface area contributed by atoms with Crippen molar-refractivity contribution in [1.82, 2.24) is 10.6 Å². The number of nitrogens with two attached hydrogens (primary N) is 1. The van der Waals surface area contributed by atoms with Crippen LogP contribution in [-0.2, 0) is 16.6 Å². The normalized spacial score (nSPS) is 10.9. The Kier molecular flexibility index (Phi) is 6.79. The van der Waals surface area contributed by atoms with Crippen molar-refractivity contribution < 1.29 is 17.9 Å². The molecule has 2 rings (SSSR count). The first-order valence-corrected chi connectivity index (χ1v) is 9.31. The Morgan fingerprint density at radius 3 is 2.32 bits per heavy atom. The smallest absolute Gasteiger partial charge is 0.315 e. The van der Waals surface area contributed by atoms with E-state index in [2.05, 4.69) is 10.6 Å². The SMILES string of the molecule is NS(=O)(=O)c1ccc(CNC(=O)NCCCOc2ccccc2)cc1. The summed E-state index contributed by atoms with van der Waals surface area (Å²) < 4.78 is 27.8. The molecule has 134 valence electrons. The summed E-state index contributed by atoms with van der Waals surface area (Å²) in [4.78, 5) is 11.7. The van der Waals surface area contributed by atoms with E-state index < -0.39 is 10.0 Å². The highest BCUT2D eigenvalue weighted by Gasteiger charge is 2.07. The van der Waals surface area contributed by atoms with Gasteiger partial charge < -0.3 is 15.4 Å². The van der Waals surface area contributed by atoms with Crippen molar-refractivity contribution in [3.8, 4) is 5.75 Å². The highest BCUT2D eigenvalue weighted by molar-refractivity contribution is 7.89. The van der Waals surface area contributed by atoms with Crippen molar-refractivity contribution in [1.29, 1.82) is 0 Å². The summed E-state index contributed by atoms with van der Waals surface area (Å²) in [5.41, 5.74) is 0.773. The van der Waals surface area contributed by atoms with Crippen LogP contribution >= 0.6 is 0 Å². The van der Waals surface area contributed by atoms with Gasteiger partial charge in [-0.2, -0.15) is 0 Å². The van der Waals surface area contributed by atoms with Gasteiger partial charge in [-0.25, -0.2) is 18.4 Å². The van der Waals surface area contributed by atoms with Gasteiger partial charge in [-0.3, -0.25) is 0 Å². The number of hydrogen-bond donors (Lipinski definition) is 3. The number of rotatable bonds is 8. The summed E-state index contributed by atoms with van der Waals surface area (Å²) in [6.07, 6.45) is 0.686. The second-order valence-corrected chi connectivity index (χ2v) is 6.87. The largest absolute Gasteiger partial charge is 0.494 e. The number of sulfonamides is 1. The number of hydrogen-bond acceptors (Lipinski definition) is 4. The minimum atomic E-state index is -3.70. The van der Waals surface area contributed by atoms with Gasteiger partial charge in [0.15, 0.2) is 0 Å². The number of carbonyl (C=O) groups is 1. The maximum atomic E-state index is 11.7. The van der Waals surface area contributed by atoms with Gasteiger partial charge in [-0.15, -0.1) is 0 Å². The maximum Gasteiger partial charge on any atom is 0.315 e. The van der Waals surface area contributed by atoms with Crippen molar-refractivity contribution in [2.24, 2.45) is 5.14 Å². The number of carbonyl (C=O) groups excluding carboxylic acids is 1. The second kappa shape index (κ2) is 9.05. The molecule has 0 saturated carbocycles. The van der Waals surface area contributed by atoms with Crippen LogP contribution in [0.5, 0.6) is 5.75 Å². The zero-order valence-electron chi connectivity index (χ0n) is 13.6. The van der Waals surface area contributed by atoms with E-state index in [0.717, 1.165) is 11.3 Å². The Balaban J connectivity index is 1.62. The number of nitrogens with one attached hydrogen (secondary N) is 2. The lowest BCUT2D eigenvalue weighted by Gasteiger charge is -2.09. The lowest BCUT2D eigenvalue weighted by molar-refractivity contribution is 0.238. The van der Waals surface area contributed by atoms with Gasteiger partial charge in [0.2, 0.25) is 10.0 Å². The molecule has 0 fully saturated rings. The first-order valence-electron chi connectivity index (χ1n) is 7.76. The summed E-state index contributed by atoms with van der Waals surface area (Å²) in [6.45, 7) is 1.29. The van der Waals surface area contributed by atoms with Crippen molar-refractivity contribution in [3.63, 3.8) is 0 Å². The van der Waals surface area contributed by atoms with Crippen LogP contribution in [0.1, 0.15) is 12.0 Å². The van der Waals surface area contributed by atoms with Crippen molar-refractivity contribution in [3.05, 3.63) is 60.2 Å². The van der Waals surface area contributed by atoms with E-state index >= 15 is 0 Å². The fourth-order valence-corrected chi connectivity index (χ4v) is 2.54.